The molecule has 2 aromatic carbocycles. The van der Waals surface area contributed by atoms with Crippen LogP contribution in [0.2, 0.25) is 0 Å². The van der Waals surface area contributed by atoms with Crippen LogP contribution in [0.4, 0.5) is 4.79 Å². The Morgan fingerprint density at radius 3 is 2.61 bits per heavy atom. The average Bonchev–Trinajstić information content (AvgIpc) is 2.95. The summed E-state index contributed by atoms with van der Waals surface area (Å²) in [5, 5.41) is 8.88. The summed E-state index contributed by atoms with van der Waals surface area (Å²) in [4.78, 5) is 26.7. The van der Waals surface area contributed by atoms with Gasteiger partial charge in [-0.1, -0.05) is 50.2 Å². The fraction of sp³-hybridized carbons (Fsp3) is 0.227. The number of nitrogens with zero attached hydrogens (tertiary/aromatic N) is 2. The molecule has 6 heteroatoms. The van der Waals surface area contributed by atoms with Gasteiger partial charge in [0.2, 0.25) is 0 Å². The van der Waals surface area contributed by atoms with Gasteiger partial charge in [0.05, 0.1) is 29.7 Å². The number of carbonyl (C=O) groups excluding carboxylic acids is 2. The maximum Gasteiger partial charge on any atom is 0.293 e. The zero-order valence-corrected chi connectivity index (χ0v) is 16.5. The second-order valence-electron chi connectivity index (χ2n) is 6.78. The molecule has 0 aromatic heterocycles. The molecule has 2 aromatic rings. The number of imide groups is 1. The molecule has 3 rings (SSSR count). The quantitative estimate of drug-likeness (QED) is 0.659. The summed E-state index contributed by atoms with van der Waals surface area (Å²) in [6.07, 6.45) is 1.69. The van der Waals surface area contributed by atoms with Crippen molar-refractivity contribution in [3.8, 4) is 11.8 Å². The molecule has 0 atom stereocenters. The zero-order valence-electron chi connectivity index (χ0n) is 15.7. The minimum Gasteiger partial charge on any atom is -0.493 e. The number of hydrogen-bond acceptors (Lipinski definition) is 5. The number of para-hydroxylation sites is 1. The van der Waals surface area contributed by atoms with Crippen LogP contribution in [0, 0.1) is 17.2 Å². The van der Waals surface area contributed by atoms with E-state index in [1.54, 1.807) is 30.3 Å². The number of amides is 2. The fourth-order valence-corrected chi connectivity index (χ4v) is 3.53. The molecule has 5 nitrogen and oxygen atoms in total. The van der Waals surface area contributed by atoms with Gasteiger partial charge in [-0.25, -0.2) is 0 Å². The van der Waals surface area contributed by atoms with Crippen LogP contribution < -0.4 is 4.74 Å². The van der Waals surface area contributed by atoms with Crippen molar-refractivity contribution in [2.24, 2.45) is 5.92 Å². The second kappa shape index (κ2) is 8.77. The first-order chi connectivity index (χ1) is 13.5. The molecule has 28 heavy (non-hydrogen) atoms. The third-order valence-corrected chi connectivity index (χ3v) is 5.03. The Hall–Kier alpha value is -3.04. The third kappa shape index (κ3) is 4.44. The van der Waals surface area contributed by atoms with Crippen LogP contribution in [0.3, 0.4) is 0 Å². The van der Waals surface area contributed by atoms with Crippen molar-refractivity contribution in [3.63, 3.8) is 0 Å². The summed E-state index contributed by atoms with van der Waals surface area (Å²) >= 11 is 0.903. The molecule has 1 saturated heterocycles. The van der Waals surface area contributed by atoms with Gasteiger partial charge < -0.3 is 4.74 Å². The van der Waals surface area contributed by atoms with Gasteiger partial charge in [0.15, 0.2) is 0 Å². The van der Waals surface area contributed by atoms with E-state index in [9.17, 15) is 14.9 Å². The maximum atomic E-state index is 12.8. The van der Waals surface area contributed by atoms with Gasteiger partial charge in [0.25, 0.3) is 11.1 Å². The predicted molar refractivity (Wildman–Crippen MR) is 109 cm³/mol. The highest BCUT2D eigenvalue weighted by molar-refractivity contribution is 8.18. The van der Waals surface area contributed by atoms with Crippen LogP contribution in [-0.4, -0.2) is 22.7 Å². The van der Waals surface area contributed by atoms with Crippen LogP contribution in [0.15, 0.2) is 53.4 Å². The second-order valence-corrected chi connectivity index (χ2v) is 7.77. The molecule has 0 N–H and O–H groups in total. The lowest BCUT2D eigenvalue weighted by Crippen LogP contribution is -2.27. The maximum absolute atomic E-state index is 12.8. The summed E-state index contributed by atoms with van der Waals surface area (Å²) < 4.78 is 5.82. The number of benzene rings is 2. The van der Waals surface area contributed by atoms with Crippen molar-refractivity contribution >= 4 is 29.0 Å². The number of thioether (sulfide) groups is 1. The summed E-state index contributed by atoms with van der Waals surface area (Å²) in [6, 6.07) is 16.5. The van der Waals surface area contributed by atoms with Gasteiger partial charge in [-0.2, -0.15) is 5.26 Å². The van der Waals surface area contributed by atoms with E-state index in [0.717, 1.165) is 17.3 Å². The van der Waals surface area contributed by atoms with Crippen molar-refractivity contribution in [2.45, 2.75) is 20.4 Å². The van der Waals surface area contributed by atoms with Crippen LogP contribution in [0.1, 0.15) is 30.5 Å². The lowest BCUT2D eigenvalue weighted by Gasteiger charge is -2.13. The molecule has 1 heterocycles. The van der Waals surface area contributed by atoms with Gasteiger partial charge in [-0.15, -0.1) is 0 Å². The van der Waals surface area contributed by atoms with Gasteiger partial charge in [-0.3, -0.25) is 14.5 Å². The number of carbonyl (C=O) groups is 2. The number of rotatable bonds is 6. The first-order valence-corrected chi connectivity index (χ1v) is 9.76. The highest BCUT2D eigenvalue weighted by Gasteiger charge is 2.35. The van der Waals surface area contributed by atoms with Crippen molar-refractivity contribution in [1.29, 1.82) is 5.26 Å². The van der Waals surface area contributed by atoms with Gasteiger partial charge >= 0.3 is 0 Å². The zero-order chi connectivity index (χ0) is 20.1. The highest BCUT2D eigenvalue weighted by atomic mass is 32.2. The number of hydrogen-bond donors (Lipinski definition) is 0. The van der Waals surface area contributed by atoms with Crippen molar-refractivity contribution in [3.05, 3.63) is 70.1 Å². The number of ether oxygens (including phenoxy) is 1. The molecular weight excluding hydrogens is 372 g/mol. The molecule has 142 valence electrons. The standard InChI is InChI=1S/C22H20N2O3S/c1-15(2)14-27-19-10-6-5-7-16(19)11-20-21(25)24(22(26)28-20)13-18-9-4-3-8-17(18)12-23/h3-11,15H,13-14H2,1-2H3/b20-11+. The molecule has 0 spiro atoms. The Balaban J connectivity index is 1.83. The minimum atomic E-state index is -0.360. The Labute approximate surface area is 168 Å². The Bertz CT molecular complexity index is 976. The average molecular weight is 392 g/mol. The van der Waals surface area contributed by atoms with Crippen molar-refractivity contribution < 1.29 is 14.3 Å². The Morgan fingerprint density at radius 1 is 1.14 bits per heavy atom. The summed E-state index contributed by atoms with van der Waals surface area (Å²) in [7, 11) is 0. The van der Waals surface area contributed by atoms with Crippen molar-refractivity contribution in [2.75, 3.05) is 6.61 Å². The normalized spacial score (nSPS) is 15.4. The lowest BCUT2D eigenvalue weighted by molar-refractivity contribution is -0.123. The molecule has 2 amide bonds. The van der Waals surface area contributed by atoms with E-state index < -0.39 is 0 Å². The first kappa shape index (κ1) is 19.7. The Kier molecular flexibility index (Phi) is 6.17. The molecule has 0 bridgehead atoms. The monoisotopic (exact) mass is 392 g/mol. The largest absolute Gasteiger partial charge is 0.493 e. The molecule has 0 unspecified atom stereocenters. The van der Waals surface area contributed by atoms with E-state index in [1.807, 2.05) is 24.3 Å². The third-order valence-electron chi connectivity index (χ3n) is 4.12. The summed E-state index contributed by atoms with van der Waals surface area (Å²) in [5.74, 6) is 0.694. The minimum absolute atomic E-state index is 0.0806. The van der Waals surface area contributed by atoms with E-state index in [1.165, 1.54) is 4.90 Å². The van der Waals surface area contributed by atoms with Crippen LogP contribution in [0.5, 0.6) is 5.75 Å². The lowest BCUT2D eigenvalue weighted by atomic mass is 10.1. The van der Waals surface area contributed by atoms with E-state index in [2.05, 4.69) is 19.9 Å². The smallest absolute Gasteiger partial charge is 0.293 e. The summed E-state index contributed by atoms with van der Waals surface area (Å²) in [5.41, 5.74) is 1.86. The molecule has 0 aliphatic carbocycles. The van der Waals surface area contributed by atoms with Gasteiger partial charge in [0, 0.05) is 5.56 Å². The molecule has 1 fully saturated rings. The van der Waals surface area contributed by atoms with Gasteiger partial charge in [0.1, 0.15) is 5.75 Å². The van der Waals surface area contributed by atoms with Crippen LogP contribution in [0.25, 0.3) is 6.08 Å². The molecule has 0 saturated carbocycles. The molecule has 0 radical (unpaired) electrons. The SMILES string of the molecule is CC(C)COc1ccccc1/C=C1/SC(=O)N(Cc2ccccc2C#N)C1=O. The molecular formula is C22H20N2O3S. The van der Waals surface area contributed by atoms with Crippen LogP contribution >= 0.6 is 11.8 Å². The van der Waals surface area contributed by atoms with Crippen molar-refractivity contribution in [1.82, 2.24) is 4.90 Å². The Morgan fingerprint density at radius 2 is 1.86 bits per heavy atom. The van der Waals surface area contributed by atoms with E-state index in [4.69, 9.17) is 4.74 Å². The number of nitriles is 1. The van der Waals surface area contributed by atoms with E-state index >= 15 is 0 Å². The highest BCUT2D eigenvalue weighted by Crippen LogP contribution is 2.35. The van der Waals surface area contributed by atoms with E-state index in [-0.39, 0.29) is 17.7 Å². The predicted octanol–water partition coefficient (Wildman–Crippen LogP) is 4.83. The van der Waals surface area contributed by atoms with Gasteiger partial charge in [-0.05, 0) is 41.5 Å². The molecule has 1 aliphatic heterocycles. The topological polar surface area (TPSA) is 70.4 Å². The van der Waals surface area contributed by atoms with Crippen LogP contribution in [-0.2, 0) is 11.3 Å². The fourth-order valence-electron chi connectivity index (χ4n) is 2.70. The summed E-state index contributed by atoms with van der Waals surface area (Å²) in [6.45, 7) is 4.77. The molecule has 1 aliphatic rings. The van der Waals surface area contributed by atoms with E-state index in [0.29, 0.717) is 34.3 Å². The first-order valence-electron chi connectivity index (χ1n) is 8.94.